The minimum absolute atomic E-state index is 0.371. The van der Waals surface area contributed by atoms with Crippen molar-refractivity contribution in [3.63, 3.8) is 0 Å². The molecule has 3 heterocycles. The zero-order chi connectivity index (χ0) is 13.1. The van der Waals surface area contributed by atoms with E-state index < -0.39 is 0 Å². The maximum atomic E-state index is 12.7. The number of aromatic nitrogens is 4. The van der Waals surface area contributed by atoms with Crippen LogP contribution < -0.4 is 5.32 Å². The van der Waals surface area contributed by atoms with Crippen molar-refractivity contribution in [2.75, 3.05) is 5.32 Å². The lowest BCUT2D eigenvalue weighted by atomic mass is 10.4. The van der Waals surface area contributed by atoms with E-state index in [2.05, 4.69) is 20.3 Å². The van der Waals surface area contributed by atoms with Gasteiger partial charge in [-0.05, 0) is 24.3 Å². The zero-order valence-electron chi connectivity index (χ0n) is 9.86. The molecule has 0 radical (unpaired) electrons. The number of imidazole rings is 1. The number of nitrogens with zero attached hydrogens (tertiary/aromatic N) is 4. The van der Waals surface area contributed by atoms with Crippen LogP contribution in [0.4, 0.5) is 16.0 Å². The molecule has 0 fully saturated rings. The second-order valence-corrected chi connectivity index (χ2v) is 3.84. The third-order valence-corrected chi connectivity index (χ3v) is 2.48. The van der Waals surface area contributed by atoms with Gasteiger partial charge in [-0.15, -0.1) is 0 Å². The third kappa shape index (κ3) is 2.57. The summed E-state index contributed by atoms with van der Waals surface area (Å²) in [5.74, 6) is 1.55. The van der Waals surface area contributed by atoms with Crippen LogP contribution in [0.5, 0.6) is 0 Å². The van der Waals surface area contributed by atoms with Gasteiger partial charge in [-0.25, -0.2) is 19.3 Å². The average molecular weight is 255 g/mol. The van der Waals surface area contributed by atoms with Crippen molar-refractivity contribution >= 4 is 11.6 Å². The number of hydrogen-bond acceptors (Lipinski definition) is 4. The first-order chi connectivity index (χ1) is 9.31. The van der Waals surface area contributed by atoms with Crippen LogP contribution in [0.3, 0.4) is 0 Å². The smallest absolute Gasteiger partial charge is 0.150 e. The summed E-state index contributed by atoms with van der Waals surface area (Å²) in [6, 6.07) is 8.51. The Morgan fingerprint density at radius 1 is 1.00 bits per heavy atom. The summed E-state index contributed by atoms with van der Waals surface area (Å²) in [6.07, 6.45) is 6.30. The molecule has 0 aliphatic rings. The van der Waals surface area contributed by atoms with Gasteiger partial charge < -0.3 is 5.32 Å². The molecule has 0 aliphatic heterocycles. The molecule has 0 saturated heterocycles. The molecule has 94 valence electrons. The predicted octanol–water partition coefficient (Wildman–Crippen LogP) is 2.54. The quantitative estimate of drug-likeness (QED) is 0.781. The van der Waals surface area contributed by atoms with Gasteiger partial charge in [0.15, 0.2) is 0 Å². The number of rotatable bonds is 3. The number of anilines is 2. The van der Waals surface area contributed by atoms with Gasteiger partial charge in [-0.2, -0.15) is 0 Å². The molecule has 0 saturated carbocycles. The molecule has 0 unspecified atom stereocenters. The fourth-order valence-corrected chi connectivity index (χ4v) is 1.60. The van der Waals surface area contributed by atoms with Crippen molar-refractivity contribution < 1.29 is 4.39 Å². The van der Waals surface area contributed by atoms with E-state index in [1.165, 1.54) is 6.07 Å². The van der Waals surface area contributed by atoms with Gasteiger partial charge in [0.2, 0.25) is 0 Å². The Morgan fingerprint density at radius 3 is 2.68 bits per heavy atom. The van der Waals surface area contributed by atoms with Gasteiger partial charge in [0.05, 0.1) is 12.4 Å². The molecule has 0 aliphatic carbocycles. The lowest BCUT2D eigenvalue weighted by Crippen LogP contribution is -1.94. The summed E-state index contributed by atoms with van der Waals surface area (Å²) in [7, 11) is 0. The monoisotopic (exact) mass is 255 g/mol. The number of hydrogen-bond donors (Lipinski definition) is 1. The average Bonchev–Trinajstić information content (AvgIpc) is 2.91. The van der Waals surface area contributed by atoms with Crippen molar-refractivity contribution in [3.05, 3.63) is 61.1 Å². The minimum Gasteiger partial charge on any atom is -0.324 e. The van der Waals surface area contributed by atoms with Gasteiger partial charge >= 0.3 is 0 Å². The molecule has 0 atom stereocenters. The van der Waals surface area contributed by atoms with Gasteiger partial charge in [0.1, 0.15) is 29.6 Å². The number of halogens is 1. The fraction of sp³-hybridized carbons (Fsp3) is 0. The summed E-state index contributed by atoms with van der Waals surface area (Å²) in [4.78, 5) is 12.3. The first-order valence-corrected chi connectivity index (χ1v) is 5.65. The number of nitrogens with one attached hydrogen (secondary N) is 1. The highest BCUT2D eigenvalue weighted by molar-refractivity contribution is 5.50. The lowest BCUT2D eigenvalue weighted by Gasteiger charge is -2.01. The fourth-order valence-electron chi connectivity index (χ4n) is 1.60. The third-order valence-electron chi connectivity index (χ3n) is 2.48. The second-order valence-electron chi connectivity index (χ2n) is 3.84. The molecule has 3 aromatic rings. The van der Waals surface area contributed by atoms with Crippen LogP contribution >= 0.6 is 0 Å². The Bertz CT molecular complexity index is 663. The summed E-state index contributed by atoms with van der Waals surface area (Å²) < 4.78 is 14.5. The largest absolute Gasteiger partial charge is 0.324 e. The van der Waals surface area contributed by atoms with Crippen LogP contribution in [0.15, 0.2) is 55.2 Å². The van der Waals surface area contributed by atoms with E-state index in [0.717, 1.165) is 12.0 Å². The predicted molar refractivity (Wildman–Crippen MR) is 68.8 cm³/mol. The zero-order valence-corrected chi connectivity index (χ0v) is 9.86. The van der Waals surface area contributed by atoms with Crippen molar-refractivity contribution in [2.45, 2.75) is 0 Å². The van der Waals surface area contributed by atoms with Crippen molar-refractivity contribution in [1.29, 1.82) is 0 Å². The van der Waals surface area contributed by atoms with Crippen molar-refractivity contribution in [1.82, 2.24) is 19.5 Å². The number of pyridine rings is 2. The van der Waals surface area contributed by atoms with Crippen LogP contribution in [0.25, 0.3) is 5.82 Å². The van der Waals surface area contributed by atoms with E-state index in [-0.39, 0.29) is 5.82 Å². The van der Waals surface area contributed by atoms with Gasteiger partial charge in [0.25, 0.3) is 0 Å². The molecular formula is C13H10FN5. The Balaban J connectivity index is 1.80. The Kier molecular flexibility index (Phi) is 2.89. The maximum absolute atomic E-state index is 12.7. The molecule has 19 heavy (non-hydrogen) atoms. The normalized spacial score (nSPS) is 10.4. The highest BCUT2D eigenvalue weighted by Crippen LogP contribution is 2.13. The molecular weight excluding hydrogens is 245 g/mol. The van der Waals surface area contributed by atoms with E-state index in [0.29, 0.717) is 11.6 Å². The molecule has 0 bridgehead atoms. The summed E-state index contributed by atoms with van der Waals surface area (Å²) in [5, 5.41) is 2.98. The topological polar surface area (TPSA) is 55.6 Å². The van der Waals surface area contributed by atoms with Gasteiger partial charge in [-0.3, -0.25) is 4.57 Å². The molecule has 1 N–H and O–H groups in total. The van der Waals surface area contributed by atoms with Crippen LogP contribution in [0, 0.1) is 5.82 Å². The Labute approximate surface area is 108 Å². The standard InChI is InChI=1S/C13H10FN5/c14-10-4-5-11(16-7-10)18-12-8-19(9-17-12)13-3-1-2-6-15-13/h1-9H,(H,16,18). The van der Waals surface area contributed by atoms with Crippen LogP contribution in [-0.4, -0.2) is 19.5 Å². The van der Waals surface area contributed by atoms with Gasteiger partial charge in [0, 0.05) is 6.20 Å². The van der Waals surface area contributed by atoms with Crippen LogP contribution in [0.1, 0.15) is 0 Å². The van der Waals surface area contributed by atoms with E-state index in [1.54, 1.807) is 29.4 Å². The molecule has 5 nitrogen and oxygen atoms in total. The molecule has 0 aromatic carbocycles. The molecule has 6 heteroatoms. The first kappa shape index (κ1) is 11.3. The molecule has 3 rings (SSSR count). The molecule has 3 aromatic heterocycles. The SMILES string of the molecule is Fc1ccc(Nc2cn(-c3ccccn3)cn2)nc1. The van der Waals surface area contributed by atoms with E-state index in [9.17, 15) is 4.39 Å². The van der Waals surface area contributed by atoms with Crippen LogP contribution in [0.2, 0.25) is 0 Å². The summed E-state index contributed by atoms with van der Waals surface area (Å²) in [5.41, 5.74) is 0. The first-order valence-electron chi connectivity index (χ1n) is 5.65. The second kappa shape index (κ2) is 4.85. The summed E-state index contributed by atoms with van der Waals surface area (Å²) in [6.45, 7) is 0. The van der Waals surface area contributed by atoms with E-state index in [4.69, 9.17) is 0 Å². The Morgan fingerprint density at radius 2 is 1.95 bits per heavy atom. The highest BCUT2D eigenvalue weighted by atomic mass is 19.1. The van der Waals surface area contributed by atoms with E-state index >= 15 is 0 Å². The highest BCUT2D eigenvalue weighted by Gasteiger charge is 2.02. The van der Waals surface area contributed by atoms with Crippen molar-refractivity contribution in [3.8, 4) is 5.82 Å². The lowest BCUT2D eigenvalue weighted by molar-refractivity contribution is 0.622. The van der Waals surface area contributed by atoms with E-state index in [1.807, 2.05) is 18.2 Å². The van der Waals surface area contributed by atoms with Crippen molar-refractivity contribution in [2.24, 2.45) is 0 Å². The minimum atomic E-state index is -0.371. The molecule has 0 spiro atoms. The Hall–Kier alpha value is -2.76. The maximum Gasteiger partial charge on any atom is 0.150 e. The van der Waals surface area contributed by atoms with Gasteiger partial charge in [-0.1, -0.05) is 6.07 Å². The summed E-state index contributed by atoms with van der Waals surface area (Å²) >= 11 is 0. The van der Waals surface area contributed by atoms with Crippen LogP contribution in [-0.2, 0) is 0 Å². The molecule has 0 amide bonds.